The zero-order chi connectivity index (χ0) is 15.4. The summed E-state index contributed by atoms with van der Waals surface area (Å²) in [5, 5.41) is 12.0. The molecule has 1 atom stereocenters. The Bertz CT molecular complexity index is 551. The molecule has 0 bridgehead atoms. The number of benzene rings is 1. The fourth-order valence-corrected chi connectivity index (χ4v) is 3.57. The lowest BCUT2D eigenvalue weighted by atomic mass is 10.0. The van der Waals surface area contributed by atoms with E-state index in [1.807, 2.05) is 12.1 Å². The van der Waals surface area contributed by atoms with Gasteiger partial charge in [0.25, 0.3) is 0 Å². The standard InChI is InChI=1S/C14H16Br2N2O3/c15-9-4-5-11(10(16)7-9)17-13(19)8-18-6-2-1-3-12(18)14(20)21/h4-5,7,12H,1-3,6,8H2,(H,17,19)(H,20,21). The van der Waals surface area contributed by atoms with Crippen LogP contribution in [-0.4, -0.2) is 41.0 Å². The second-order valence-corrected chi connectivity index (χ2v) is 6.76. The molecule has 0 aromatic heterocycles. The molecule has 1 aliphatic rings. The largest absolute Gasteiger partial charge is 0.480 e. The van der Waals surface area contributed by atoms with E-state index in [9.17, 15) is 14.7 Å². The van der Waals surface area contributed by atoms with E-state index in [2.05, 4.69) is 37.2 Å². The Morgan fingerprint density at radius 1 is 1.33 bits per heavy atom. The van der Waals surface area contributed by atoms with Gasteiger partial charge in [-0.3, -0.25) is 14.5 Å². The van der Waals surface area contributed by atoms with Crippen molar-refractivity contribution < 1.29 is 14.7 Å². The summed E-state index contributed by atoms with van der Waals surface area (Å²) in [6, 6.07) is 4.91. The smallest absolute Gasteiger partial charge is 0.320 e. The molecule has 0 spiro atoms. The molecule has 2 rings (SSSR count). The number of halogens is 2. The number of rotatable bonds is 4. The van der Waals surface area contributed by atoms with Crippen LogP contribution >= 0.6 is 31.9 Å². The van der Waals surface area contributed by atoms with Crippen LogP contribution in [0.25, 0.3) is 0 Å². The highest BCUT2D eigenvalue weighted by Gasteiger charge is 2.29. The number of carboxylic acid groups (broad SMARTS) is 1. The van der Waals surface area contributed by atoms with Crippen LogP contribution in [0.3, 0.4) is 0 Å². The van der Waals surface area contributed by atoms with Gasteiger partial charge in [0.1, 0.15) is 6.04 Å². The molecule has 0 saturated carbocycles. The van der Waals surface area contributed by atoms with Gasteiger partial charge in [0.05, 0.1) is 12.2 Å². The van der Waals surface area contributed by atoms with Gasteiger partial charge in [-0.05, 0) is 53.5 Å². The molecule has 5 nitrogen and oxygen atoms in total. The molecule has 1 saturated heterocycles. The van der Waals surface area contributed by atoms with Gasteiger partial charge >= 0.3 is 5.97 Å². The first kappa shape index (κ1) is 16.5. The molecule has 1 amide bonds. The number of likely N-dealkylation sites (tertiary alicyclic amines) is 1. The van der Waals surface area contributed by atoms with Gasteiger partial charge in [-0.1, -0.05) is 22.4 Å². The molecule has 0 radical (unpaired) electrons. The van der Waals surface area contributed by atoms with Crippen LogP contribution in [-0.2, 0) is 9.59 Å². The summed E-state index contributed by atoms with van der Waals surface area (Å²) in [4.78, 5) is 25.0. The van der Waals surface area contributed by atoms with E-state index in [0.29, 0.717) is 18.7 Å². The number of carbonyl (C=O) groups excluding carboxylic acids is 1. The molecule has 114 valence electrons. The van der Waals surface area contributed by atoms with Gasteiger partial charge in [0.2, 0.25) is 5.91 Å². The van der Waals surface area contributed by atoms with Crippen molar-refractivity contribution in [1.29, 1.82) is 0 Å². The molecule has 1 aromatic carbocycles. The van der Waals surface area contributed by atoms with Crippen LogP contribution in [0.5, 0.6) is 0 Å². The highest BCUT2D eigenvalue weighted by atomic mass is 79.9. The van der Waals surface area contributed by atoms with Gasteiger partial charge in [-0.15, -0.1) is 0 Å². The minimum atomic E-state index is -0.854. The Morgan fingerprint density at radius 3 is 2.76 bits per heavy atom. The van der Waals surface area contributed by atoms with Crippen molar-refractivity contribution in [1.82, 2.24) is 4.90 Å². The van der Waals surface area contributed by atoms with Crippen LogP contribution in [0, 0.1) is 0 Å². The summed E-state index contributed by atoms with van der Waals surface area (Å²) in [6.45, 7) is 0.741. The summed E-state index contributed by atoms with van der Waals surface area (Å²) < 4.78 is 1.69. The molecule has 2 N–H and O–H groups in total. The molecule has 7 heteroatoms. The van der Waals surface area contributed by atoms with Crippen molar-refractivity contribution in [3.63, 3.8) is 0 Å². The molecule has 1 aliphatic heterocycles. The van der Waals surface area contributed by atoms with Gasteiger partial charge in [-0.25, -0.2) is 0 Å². The SMILES string of the molecule is O=C(CN1CCCCC1C(=O)O)Nc1ccc(Br)cc1Br. The predicted octanol–water partition coefficient (Wildman–Crippen LogP) is 3.09. The van der Waals surface area contributed by atoms with Gasteiger partial charge in [-0.2, -0.15) is 0 Å². The van der Waals surface area contributed by atoms with Crippen molar-refractivity contribution in [2.75, 3.05) is 18.4 Å². The van der Waals surface area contributed by atoms with Crippen molar-refractivity contribution in [3.05, 3.63) is 27.1 Å². The van der Waals surface area contributed by atoms with E-state index in [4.69, 9.17) is 0 Å². The number of hydrogen-bond acceptors (Lipinski definition) is 3. The van der Waals surface area contributed by atoms with Crippen molar-refractivity contribution in [2.45, 2.75) is 25.3 Å². The van der Waals surface area contributed by atoms with E-state index in [0.717, 1.165) is 21.8 Å². The van der Waals surface area contributed by atoms with Crippen LogP contribution in [0.15, 0.2) is 27.1 Å². The Morgan fingerprint density at radius 2 is 2.10 bits per heavy atom. The fourth-order valence-electron chi connectivity index (χ4n) is 2.42. The number of nitrogens with one attached hydrogen (secondary N) is 1. The lowest BCUT2D eigenvalue weighted by Crippen LogP contribution is -2.47. The van der Waals surface area contributed by atoms with Crippen LogP contribution in [0.2, 0.25) is 0 Å². The number of anilines is 1. The van der Waals surface area contributed by atoms with E-state index in [1.165, 1.54) is 0 Å². The van der Waals surface area contributed by atoms with Crippen molar-refractivity contribution in [3.8, 4) is 0 Å². The number of nitrogens with zero attached hydrogens (tertiary/aromatic N) is 1. The topological polar surface area (TPSA) is 69.6 Å². The summed E-state index contributed by atoms with van der Waals surface area (Å²) in [7, 11) is 0. The molecule has 1 aromatic rings. The zero-order valence-corrected chi connectivity index (χ0v) is 14.5. The first-order valence-corrected chi connectivity index (χ1v) is 8.27. The first-order chi connectivity index (χ1) is 9.97. The van der Waals surface area contributed by atoms with Crippen LogP contribution in [0.1, 0.15) is 19.3 Å². The quantitative estimate of drug-likeness (QED) is 0.786. The zero-order valence-electron chi connectivity index (χ0n) is 11.3. The Hall–Kier alpha value is -0.920. The normalized spacial score (nSPS) is 19.2. The Labute approximate surface area is 140 Å². The van der Waals surface area contributed by atoms with E-state index in [-0.39, 0.29) is 12.5 Å². The fraction of sp³-hybridized carbons (Fsp3) is 0.429. The average Bonchev–Trinajstić information content (AvgIpc) is 2.42. The monoisotopic (exact) mass is 418 g/mol. The summed E-state index contributed by atoms with van der Waals surface area (Å²) in [6.07, 6.45) is 2.43. The highest BCUT2D eigenvalue weighted by Crippen LogP contribution is 2.26. The first-order valence-electron chi connectivity index (χ1n) is 6.69. The molecule has 0 aliphatic carbocycles. The maximum absolute atomic E-state index is 12.1. The molecular formula is C14H16Br2N2O3. The van der Waals surface area contributed by atoms with Crippen molar-refractivity contribution >= 4 is 49.4 Å². The second kappa shape index (κ2) is 7.38. The molecule has 21 heavy (non-hydrogen) atoms. The number of amides is 1. The molecule has 1 unspecified atom stereocenters. The Kier molecular flexibility index (Phi) is 5.78. The number of piperidine rings is 1. The Balaban J connectivity index is 1.98. The van der Waals surface area contributed by atoms with Gasteiger partial charge in [0, 0.05) is 8.95 Å². The maximum atomic E-state index is 12.1. The third-order valence-electron chi connectivity index (χ3n) is 3.45. The molecule has 1 fully saturated rings. The van der Waals surface area contributed by atoms with Crippen LogP contribution in [0.4, 0.5) is 5.69 Å². The summed E-state index contributed by atoms with van der Waals surface area (Å²) in [5.41, 5.74) is 0.673. The second-order valence-electron chi connectivity index (χ2n) is 4.99. The number of hydrogen-bond donors (Lipinski definition) is 2. The van der Waals surface area contributed by atoms with Gasteiger partial charge < -0.3 is 10.4 Å². The van der Waals surface area contributed by atoms with Gasteiger partial charge in [0.15, 0.2) is 0 Å². The van der Waals surface area contributed by atoms with E-state index >= 15 is 0 Å². The lowest BCUT2D eigenvalue weighted by Gasteiger charge is -2.32. The predicted molar refractivity (Wildman–Crippen MR) is 87.3 cm³/mol. The highest BCUT2D eigenvalue weighted by molar-refractivity contribution is 9.11. The van der Waals surface area contributed by atoms with Crippen molar-refractivity contribution in [2.24, 2.45) is 0 Å². The molecular weight excluding hydrogens is 404 g/mol. The van der Waals surface area contributed by atoms with Crippen LogP contribution < -0.4 is 5.32 Å². The minimum absolute atomic E-state index is 0.0967. The summed E-state index contributed by atoms with van der Waals surface area (Å²) >= 11 is 6.73. The third-order valence-corrected chi connectivity index (χ3v) is 4.60. The number of carboxylic acids is 1. The number of carbonyl (C=O) groups is 2. The average molecular weight is 420 g/mol. The number of aliphatic carboxylic acids is 1. The summed E-state index contributed by atoms with van der Waals surface area (Å²) in [5.74, 6) is -1.06. The third kappa shape index (κ3) is 4.52. The minimum Gasteiger partial charge on any atom is -0.480 e. The maximum Gasteiger partial charge on any atom is 0.320 e. The van der Waals surface area contributed by atoms with E-state index < -0.39 is 12.0 Å². The lowest BCUT2D eigenvalue weighted by molar-refractivity contribution is -0.145. The molecule has 1 heterocycles. The van der Waals surface area contributed by atoms with E-state index in [1.54, 1.807) is 11.0 Å².